The number of epoxide rings is 1. The van der Waals surface area contributed by atoms with Gasteiger partial charge in [-0.3, -0.25) is 0 Å². The lowest BCUT2D eigenvalue weighted by molar-refractivity contribution is 0.426. The highest BCUT2D eigenvalue weighted by molar-refractivity contribution is 7.98. The van der Waals surface area contributed by atoms with E-state index in [1.54, 1.807) is 0 Å². The van der Waals surface area contributed by atoms with Gasteiger partial charge in [0.2, 0.25) is 0 Å². The van der Waals surface area contributed by atoms with E-state index in [1.165, 1.54) is 5.56 Å². The van der Waals surface area contributed by atoms with Gasteiger partial charge < -0.3 is 4.74 Å². The smallest absolute Gasteiger partial charge is 0.0900 e. The molecular formula is C10H11ClOS. The maximum absolute atomic E-state index is 5.78. The number of hydrogen-bond donors (Lipinski definition) is 0. The average Bonchev–Trinajstić information content (AvgIpc) is 2.92. The summed E-state index contributed by atoms with van der Waals surface area (Å²) < 4.78 is 5.12. The first-order valence-corrected chi connectivity index (χ1v) is 5.81. The van der Waals surface area contributed by atoms with Gasteiger partial charge in [-0.15, -0.1) is 0 Å². The minimum atomic E-state index is 0.525. The molecule has 0 radical (unpaired) electrons. The molecule has 1 nitrogen and oxygen atoms in total. The normalized spacial score (nSPS) is 20.2. The summed E-state index contributed by atoms with van der Waals surface area (Å²) in [4.78, 5) is 0. The highest BCUT2D eigenvalue weighted by atomic mass is 35.5. The first-order chi connectivity index (χ1) is 6.34. The van der Waals surface area contributed by atoms with Crippen LogP contribution in [0.25, 0.3) is 0 Å². The molecule has 0 amide bonds. The predicted octanol–water partition coefficient (Wildman–Crippen LogP) is 2.97. The van der Waals surface area contributed by atoms with Crippen LogP contribution in [0.4, 0.5) is 0 Å². The van der Waals surface area contributed by atoms with Gasteiger partial charge in [-0.2, -0.15) is 11.8 Å². The van der Waals surface area contributed by atoms with E-state index in [1.807, 2.05) is 23.9 Å². The fraction of sp³-hybridized carbons (Fsp3) is 0.400. The molecule has 0 bridgehead atoms. The molecule has 1 saturated heterocycles. The second-order valence-electron chi connectivity index (χ2n) is 3.10. The SMILES string of the molecule is Clc1ccc(CSCC2CO2)cc1. The van der Waals surface area contributed by atoms with E-state index in [0.29, 0.717) is 6.10 Å². The zero-order valence-electron chi connectivity index (χ0n) is 7.20. The van der Waals surface area contributed by atoms with Gasteiger partial charge in [-0.1, -0.05) is 23.7 Å². The van der Waals surface area contributed by atoms with Crippen LogP contribution in [0.5, 0.6) is 0 Å². The maximum atomic E-state index is 5.78. The van der Waals surface area contributed by atoms with Gasteiger partial charge in [0.15, 0.2) is 0 Å². The van der Waals surface area contributed by atoms with E-state index < -0.39 is 0 Å². The Balaban J connectivity index is 1.76. The van der Waals surface area contributed by atoms with Crippen molar-refractivity contribution in [2.75, 3.05) is 12.4 Å². The third-order valence-corrected chi connectivity index (χ3v) is 3.29. The molecule has 1 atom stereocenters. The molecule has 0 N–H and O–H groups in total. The summed E-state index contributed by atoms with van der Waals surface area (Å²) in [6.45, 7) is 0.952. The van der Waals surface area contributed by atoms with Crippen LogP contribution in [0.3, 0.4) is 0 Å². The van der Waals surface area contributed by atoms with Crippen LogP contribution in [0.2, 0.25) is 5.02 Å². The summed E-state index contributed by atoms with van der Waals surface area (Å²) in [5.74, 6) is 2.17. The van der Waals surface area contributed by atoms with Gasteiger partial charge in [0, 0.05) is 16.5 Å². The predicted molar refractivity (Wildman–Crippen MR) is 57.4 cm³/mol. The molecule has 1 unspecified atom stereocenters. The summed E-state index contributed by atoms with van der Waals surface area (Å²) in [5, 5.41) is 0.805. The van der Waals surface area contributed by atoms with Crippen molar-refractivity contribution in [3.8, 4) is 0 Å². The lowest BCUT2D eigenvalue weighted by Crippen LogP contribution is -1.89. The molecular weight excluding hydrogens is 204 g/mol. The quantitative estimate of drug-likeness (QED) is 0.715. The van der Waals surface area contributed by atoms with Crippen LogP contribution >= 0.6 is 23.4 Å². The Morgan fingerprint density at radius 2 is 2.08 bits per heavy atom. The molecule has 13 heavy (non-hydrogen) atoms. The molecule has 1 heterocycles. The van der Waals surface area contributed by atoms with E-state index in [4.69, 9.17) is 16.3 Å². The standard InChI is InChI=1S/C10H11ClOS/c11-9-3-1-8(2-4-9)6-13-7-10-5-12-10/h1-4,10H,5-7H2. The Kier molecular flexibility index (Phi) is 3.14. The van der Waals surface area contributed by atoms with Crippen LogP contribution < -0.4 is 0 Å². The van der Waals surface area contributed by atoms with Crippen molar-refractivity contribution in [3.05, 3.63) is 34.9 Å². The van der Waals surface area contributed by atoms with Gasteiger partial charge >= 0.3 is 0 Å². The third kappa shape index (κ3) is 3.22. The van der Waals surface area contributed by atoms with Crippen molar-refractivity contribution in [3.63, 3.8) is 0 Å². The summed E-state index contributed by atoms with van der Waals surface area (Å²) in [6, 6.07) is 8.02. The third-order valence-electron chi connectivity index (χ3n) is 1.89. The Morgan fingerprint density at radius 1 is 1.38 bits per heavy atom. The van der Waals surface area contributed by atoms with Gasteiger partial charge in [0.25, 0.3) is 0 Å². The highest BCUT2D eigenvalue weighted by Gasteiger charge is 2.21. The second kappa shape index (κ2) is 4.36. The van der Waals surface area contributed by atoms with Crippen molar-refractivity contribution >= 4 is 23.4 Å². The fourth-order valence-electron chi connectivity index (χ4n) is 1.05. The molecule has 0 aliphatic carbocycles. The monoisotopic (exact) mass is 214 g/mol. The largest absolute Gasteiger partial charge is 0.372 e. The van der Waals surface area contributed by atoms with Crippen LogP contribution in [0.1, 0.15) is 5.56 Å². The molecule has 0 aromatic heterocycles. The molecule has 0 spiro atoms. The minimum absolute atomic E-state index is 0.525. The Labute approximate surface area is 87.4 Å². The van der Waals surface area contributed by atoms with Crippen molar-refractivity contribution in [2.45, 2.75) is 11.9 Å². The zero-order valence-corrected chi connectivity index (χ0v) is 8.77. The first-order valence-electron chi connectivity index (χ1n) is 4.28. The van der Waals surface area contributed by atoms with Crippen molar-refractivity contribution in [1.29, 1.82) is 0 Å². The van der Waals surface area contributed by atoms with E-state index in [9.17, 15) is 0 Å². The van der Waals surface area contributed by atoms with E-state index in [0.717, 1.165) is 23.1 Å². The zero-order chi connectivity index (χ0) is 9.10. The fourth-order valence-corrected chi connectivity index (χ4v) is 2.18. The maximum Gasteiger partial charge on any atom is 0.0900 e. The number of halogens is 1. The van der Waals surface area contributed by atoms with Crippen molar-refractivity contribution in [1.82, 2.24) is 0 Å². The number of hydrogen-bond acceptors (Lipinski definition) is 2. The molecule has 1 aromatic carbocycles. The second-order valence-corrected chi connectivity index (χ2v) is 4.56. The summed E-state index contributed by atoms with van der Waals surface area (Å²) in [7, 11) is 0. The molecule has 0 saturated carbocycles. The van der Waals surface area contributed by atoms with Crippen LogP contribution in [0, 0.1) is 0 Å². The van der Waals surface area contributed by atoms with Crippen LogP contribution in [0.15, 0.2) is 24.3 Å². The summed E-state index contributed by atoms with van der Waals surface area (Å²) in [6.07, 6.45) is 0.525. The lowest BCUT2D eigenvalue weighted by atomic mass is 10.2. The minimum Gasteiger partial charge on any atom is -0.372 e. The van der Waals surface area contributed by atoms with E-state index >= 15 is 0 Å². The van der Waals surface area contributed by atoms with E-state index in [2.05, 4.69) is 12.1 Å². The Bertz CT molecular complexity index is 269. The number of thioether (sulfide) groups is 1. The highest BCUT2D eigenvalue weighted by Crippen LogP contribution is 2.20. The van der Waals surface area contributed by atoms with Crippen LogP contribution in [-0.2, 0) is 10.5 Å². The molecule has 1 fully saturated rings. The molecule has 3 heteroatoms. The molecule has 70 valence electrons. The molecule has 1 aromatic rings. The lowest BCUT2D eigenvalue weighted by Gasteiger charge is -1.99. The van der Waals surface area contributed by atoms with E-state index in [-0.39, 0.29) is 0 Å². The molecule has 1 aliphatic heterocycles. The average molecular weight is 215 g/mol. The summed E-state index contributed by atoms with van der Waals surface area (Å²) >= 11 is 7.69. The van der Waals surface area contributed by atoms with Gasteiger partial charge in [-0.05, 0) is 17.7 Å². The van der Waals surface area contributed by atoms with Gasteiger partial charge in [0.05, 0.1) is 12.7 Å². The van der Waals surface area contributed by atoms with Gasteiger partial charge in [0.1, 0.15) is 0 Å². The van der Waals surface area contributed by atoms with Crippen molar-refractivity contribution in [2.24, 2.45) is 0 Å². The summed E-state index contributed by atoms with van der Waals surface area (Å²) in [5.41, 5.74) is 1.33. The topological polar surface area (TPSA) is 12.5 Å². The van der Waals surface area contributed by atoms with Gasteiger partial charge in [-0.25, -0.2) is 0 Å². The number of benzene rings is 1. The Morgan fingerprint density at radius 3 is 2.69 bits per heavy atom. The van der Waals surface area contributed by atoms with Crippen molar-refractivity contribution < 1.29 is 4.74 Å². The van der Waals surface area contributed by atoms with Crippen LogP contribution in [-0.4, -0.2) is 18.5 Å². The Hall–Kier alpha value is -0.180. The first kappa shape index (κ1) is 9.38. The number of rotatable bonds is 4. The number of ether oxygens (including phenoxy) is 1. The molecule has 1 aliphatic rings. The molecule has 2 rings (SSSR count).